The summed E-state index contributed by atoms with van der Waals surface area (Å²) < 4.78 is 19.8. The van der Waals surface area contributed by atoms with E-state index in [-0.39, 0.29) is 11.2 Å². The molecule has 1 heterocycles. The summed E-state index contributed by atoms with van der Waals surface area (Å²) in [5, 5.41) is 2.41. The summed E-state index contributed by atoms with van der Waals surface area (Å²) in [6, 6.07) is 3.07. The van der Waals surface area contributed by atoms with Crippen LogP contribution in [0.4, 0.5) is 10.1 Å². The lowest BCUT2D eigenvalue weighted by Crippen LogP contribution is -2.08. The number of amides is 1. The molecule has 0 aliphatic carbocycles. The summed E-state index contributed by atoms with van der Waals surface area (Å²) >= 11 is 0. The highest BCUT2D eigenvalue weighted by molar-refractivity contribution is 6.00. The van der Waals surface area contributed by atoms with Crippen LogP contribution < -0.4 is 5.32 Å². The predicted octanol–water partition coefficient (Wildman–Crippen LogP) is 4.07. The number of anilines is 1. The van der Waals surface area contributed by atoms with Gasteiger partial charge in [-0.2, -0.15) is 0 Å². The summed E-state index contributed by atoms with van der Waals surface area (Å²) in [4.78, 5) is 15.4. The maximum atomic E-state index is 14.3. The zero-order valence-corrected chi connectivity index (χ0v) is 12.3. The monoisotopic (exact) mass is 290 g/mol. The van der Waals surface area contributed by atoms with Crippen molar-refractivity contribution in [2.75, 3.05) is 5.32 Å². The molecule has 0 aliphatic heterocycles. The number of hydrogen-bond acceptors (Lipinski definition) is 3. The van der Waals surface area contributed by atoms with Crippen LogP contribution in [0.25, 0.3) is 11.1 Å². The van der Waals surface area contributed by atoms with Gasteiger partial charge < -0.3 is 9.73 Å². The van der Waals surface area contributed by atoms with E-state index < -0.39 is 11.7 Å². The Labute approximate surface area is 123 Å². The zero-order valence-electron chi connectivity index (χ0n) is 12.3. The van der Waals surface area contributed by atoms with Gasteiger partial charge in [-0.3, -0.25) is 4.79 Å². The number of aryl methyl sites for hydroxylation is 1. The molecule has 1 aromatic carbocycles. The number of carbonyl (C=O) groups is 1. The highest BCUT2D eigenvalue weighted by atomic mass is 19.1. The van der Waals surface area contributed by atoms with Gasteiger partial charge in [-0.15, -0.1) is 0 Å². The molecule has 1 aromatic heterocycles. The molecule has 1 N–H and O–H groups in total. The predicted molar refractivity (Wildman–Crippen MR) is 80.6 cm³/mol. The number of nitrogens with one attached hydrogen (secondary N) is 1. The lowest BCUT2D eigenvalue weighted by atomic mass is 10.1. The molecule has 0 radical (unpaired) electrons. The number of rotatable bonds is 6. The average Bonchev–Trinajstić information content (AvgIpc) is 2.85. The van der Waals surface area contributed by atoms with Crippen LogP contribution in [0.3, 0.4) is 0 Å². The van der Waals surface area contributed by atoms with Crippen LogP contribution in [0.1, 0.15) is 32.6 Å². The van der Waals surface area contributed by atoms with E-state index in [0.29, 0.717) is 23.8 Å². The second kappa shape index (κ2) is 6.52. The molecule has 0 atom stereocenters. The van der Waals surface area contributed by atoms with Gasteiger partial charge in [0.1, 0.15) is 5.52 Å². The van der Waals surface area contributed by atoms with Crippen LogP contribution in [0, 0.1) is 11.7 Å². The minimum atomic E-state index is -0.582. The SMILES string of the molecule is C=CC(=O)Nc1ccc2oc(CCCC(C)C)nc2c1F. The van der Waals surface area contributed by atoms with E-state index in [4.69, 9.17) is 4.42 Å². The molecule has 0 aliphatic rings. The molecule has 21 heavy (non-hydrogen) atoms. The van der Waals surface area contributed by atoms with Gasteiger partial charge in [-0.05, 0) is 30.5 Å². The number of nitrogens with zero attached hydrogens (tertiary/aromatic N) is 1. The Hall–Kier alpha value is -2.17. The number of benzene rings is 1. The zero-order chi connectivity index (χ0) is 15.4. The van der Waals surface area contributed by atoms with Crippen molar-refractivity contribution in [2.45, 2.75) is 33.1 Å². The minimum Gasteiger partial charge on any atom is -0.441 e. The van der Waals surface area contributed by atoms with E-state index in [2.05, 4.69) is 30.7 Å². The molecular formula is C16H19FN2O2. The Morgan fingerprint density at radius 2 is 2.29 bits per heavy atom. The van der Waals surface area contributed by atoms with Gasteiger partial charge in [-0.25, -0.2) is 9.37 Å². The van der Waals surface area contributed by atoms with Crippen LogP contribution in [-0.4, -0.2) is 10.9 Å². The molecule has 0 fully saturated rings. The van der Waals surface area contributed by atoms with E-state index in [1.54, 1.807) is 6.07 Å². The molecule has 0 spiro atoms. The first-order valence-electron chi connectivity index (χ1n) is 7.02. The summed E-state index contributed by atoms with van der Waals surface area (Å²) in [5.74, 6) is 0.0963. The maximum Gasteiger partial charge on any atom is 0.247 e. The first kappa shape index (κ1) is 15.2. The van der Waals surface area contributed by atoms with Gasteiger partial charge >= 0.3 is 0 Å². The van der Waals surface area contributed by atoms with E-state index in [0.717, 1.165) is 18.9 Å². The van der Waals surface area contributed by atoms with E-state index in [1.807, 2.05) is 0 Å². The third-order valence-corrected chi connectivity index (χ3v) is 3.16. The Morgan fingerprint density at radius 1 is 1.52 bits per heavy atom. The van der Waals surface area contributed by atoms with Gasteiger partial charge in [0.25, 0.3) is 0 Å². The fraction of sp³-hybridized carbons (Fsp3) is 0.375. The molecule has 1 amide bonds. The van der Waals surface area contributed by atoms with Crippen molar-refractivity contribution in [3.8, 4) is 0 Å². The fourth-order valence-corrected chi connectivity index (χ4v) is 2.06. The molecular weight excluding hydrogens is 271 g/mol. The Balaban J connectivity index is 2.20. The lowest BCUT2D eigenvalue weighted by Gasteiger charge is -2.02. The number of hydrogen-bond donors (Lipinski definition) is 1. The van der Waals surface area contributed by atoms with Gasteiger partial charge in [0.05, 0.1) is 5.69 Å². The van der Waals surface area contributed by atoms with E-state index in [1.165, 1.54) is 6.07 Å². The molecule has 4 nitrogen and oxygen atoms in total. The minimum absolute atomic E-state index is 0.0782. The largest absolute Gasteiger partial charge is 0.441 e. The van der Waals surface area contributed by atoms with Crippen molar-refractivity contribution in [3.05, 3.63) is 36.5 Å². The molecule has 0 saturated heterocycles. The Morgan fingerprint density at radius 3 is 2.95 bits per heavy atom. The fourth-order valence-electron chi connectivity index (χ4n) is 2.06. The molecule has 5 heteroatoms. The maximum absolute atomic E-state index is 14.3. The lowest BCUT2D eigenvalue weighted by molar-refractivity contribution is -0.111. The molecule has 2 rings (SSSR count). The van der Waals surface area contributed by atoms with Gasteiger partial charge in [0.2, 0.25) is 5.91 Å². The highest BCUT2D eigenvalue weighted by Crippen LogP contribution is 2.25. The molecule has 2 aromatic rings. The standard InChI is InChI=1S/C16H19FN2O2/c1-4-13(20)18-11-8-9-12-16(15(11)17)19-14(21-12)7-5-6-10(2)3/h4,8-10H,1,5-7H2,2-3H3,(H,18,20). The smallest absolute Gasteiger partial charge is 0.247 e. The number of oxazole rings is 1. The van der Waals surface area contributed by atoms with Crippen molar-refractivity contribution in [1.82, 2.24) is 4.98 Å². The van der Waals surface area contributed by atoms with Crippen molar-refractivity contribution in [2.24, 2.45) is 5.92 Å². The third-order valence-electron chi connectivity index (χ3n) is 3.16. The number of carbonyl (C=O) groups excluding carboxylic acids is 1. The quantitative estimate of drug-likeness (QED) is 0.816. The third kappa shape index (κ3) is 3.68. The van der Waals surface area contributed by atoms with Crippen molar-refractivity contribution < 1.29 is 13.6 Å². The molecule has 0 bridgehead atoms. The summed E-state index contributed by atoms with van der Waals surface area (Å²) in [6.07, 6.45) is 3.79. The first-order valence-corrected chi connectivity index (χ1v) is 7.02. The van der Waals surface area contributed by atoms with Gasteiger partial charge in [0, 0.05) is 6.42 Å². The van der Waals surface area contributed by atoms with E-state index in [9.17, 15) is 9.18 Å². The van der Waals surface area contributed by atoms with Gasteiger partial charge in [-0.1, -0.05) is 26.8 Å². The Kier molecular flexibility index (Phi) is 4.73. The van der Waals surface area contributed by atoms with Crippen LogP contribution in [0.2, 0.25) is 0 Å². The normalized spacial score (nSPS) is 11.0. The van der Waals surface area contributed by atoms with Crippen LogP contribution in [-0.2, 0) is 11.2 Å². The summed E-state index contributed by atoms with van der Waals surface area (Å²) in [6.45, 7) is 7.64. The van der Waals surface area contributed by atoms with Crippen molar-refractivity contribution in [3.63, 3.8) is 0 Å². The van der Waals surface area contributed by atoms with Crippen LogP contribution >= 0.6 is 0 Å². The van der Waals surface area contributed by atoms with E-state index >= 15 is 0 Å². The van der Waals surface area contributed by atoms with Crippen LogP contribution in [0.15, 0.2) is 29.2 Å². The van der Waals surface area contributed by atoms with Gasteiger partial charge in [0.15, 0.2) is 17.3 Å². The van der Waals surface area contributed by atoms with Crippen molar-refractivity contribution >= 4 is 22.7 Å². The van der Waals surface area contributed by atoms with Crippen molar-refractivity contribution in [1.29, 1.82) is 0 Å². The first-order chi connectivity index (χ1) is 10.0. The molecule has 0 saturated carbocycles. The number of fused-ring (bicyclic) bond motifs is 1. The number of aromatic nitrogens is 1. The Bertz CT molecular complexity index is 662. The summed E-state index contributed by atoms with van der Waals surface area (Å²) in [5.41, 5.74) is 0.620. The van der Waals surface area contributed by atoms with Crippen LogP contribution in [0.5, 0.6) is 0 Å². The second-order valence-corrected chi connectivity index (χ2v) is 5.36. The highest BCUT2D eigenvalue weighted by Gasteiger charge is 2.15. The topological polar surface area (TPSA) is 55.1 Å². The molecule has 112 valence electrons. The average molecular weight is 290 g/mol. The second-order valence-electron chi connectivity index (χ2n) is 5.36. The summed E-state index contributed by atoms with van der Waals surface area (Å²) in [7, 11) is 0. The molecule has 0 unspecified atom stereocenters. The number of halogens is 1.